The molecule has 4 atom stereocenters. The minimum atomic E-state index is -0.606. The summed E-state index contributed by atoms with van der Waals surface area (Å²) in [6.45, 7) is 3.71. The molecule has 0 aromatic carbocycles. The summed E-state index contributed by atoms with van der Waals surface area (Å²) in [5.74, 6) is 1.92. The van der Waals surface area contributed by atoms with Crippen molar-refractivity contribution in [3.63, 3.8) is 0 Å². The van der Waals surface area contributed by atoms with Crippen LogP contribution in [0.2, 0.25) is 0 Å². The lowest BCUT2D eigenvalue weighted by atomic mass is 10.1. The fourth-order valence-corrected chi connectivity index (χ4v) is 1.89. The zero-order chi connectivity index (χ0) is 10.3. The number of terminal acetylenes is 1. The first kappa shape index (κ1) is 9.94. The van der Waals surface area contributed by atoms with Crippen LogP contribution in [0.25, 0.3) is 0 Å². The summed E-state index contributed by atoms with van der Waals surface area (Å²) < 4.78 is 21.8. The Morgan fingerprint density at radius 3 is 2.50 bits per heavy atom. The van der Waals surface area contributed by atoms with E-state index in [9.17, 15) is 0 Å². The standard InChI is InChI=1S/C10H14O4/c1-5-6-7-8(9(11-4)12-6)14-10(2,3)13-7/h1,6-9H,2-4H3/t6-,7-,8-,9+/m1/s1. The van der Waals surface area contributed by atoms with E-state index in [2.05, 4.69) is 5.92 Å². The van der Waals surface area contributed by atoms with Gasteiger partial charge in [-0.15, -0.1) is 6.42 Å². The van der Waals surface area contributed by atoms with Gasteiger partial charge in [-0.05, 0) is 13.8 Å². The van der Waals surface area contributed by atoms with E-state index in [1.807, 2.05) is 13.8 Å². The topological polar surface area (TPSA) is 36.9 Å². The second-order valence-corrected chi connectivity index (χ2v) is 3.89. The zero-order valence-corrected chi connectivity index (χ0v) is 8.52. The SMILES string of the molecule is C#C[C@H]1O[C@H](OC)[C@@H]2OC(C)(C)O[C@@H]21. The Kier molecular flexibility index (Phi) is 2.28. The fraction of sp³-hybridized carbons (Fsp3) is 0.800. The highest BCUT2D eigenvalue weighted by Gasteiger charge is 2.55. The predicted molar refractivity (Wildman–Crippen MR) is 48.3 cm³/mol. The second kappa shape index (κ2) is 3.21. The van der Waals surface area contributed by atoms with Crippen molar-refractivity contribution in [3.05, 3.63) is 0 Å². The maximum absolute atomic E-state index is 5.64. The predicted octanol–water partition coefficient (Wildman–Crippen LogP) is 0.511. The number of hydrogen-bond acceptors (Lipinski definition) is 4. The molecule has 4 heteroatoms. The normalized spacial score (nSPS) is 44.7. The van der Waals surface area contributed by atoms with Gasteiger partial charge in [0.2, 0.25) is 0 Å². The Morgan fingerprint density at radius 2 is 1.93 bits per heavy atom. The van der Waals surface area contributed by atoms with Gasteiger partial charge in [0.05, 0.1) is 0 Å². The summed E-state index contributed by atoms with van der Waals surface area (Å²) >= 11 is 0. The third kappa shape index (κ3) is 1.43. The number of methoxy groups -OCH3 is 1. The fourth-order valence-electron chi connectivity index (χ4n) is 1.89. The van der Waals surface area contributed by atoms with E-state index in [1.54, 1.807) is 7.11 Å². The van der Waals surface area contributed by atoms with Crippen molar-refractivity contribution in [2.24, 2.45) is 0 Å². The van der Waals surface area contributed by atoms with Crippen LogP contribution in [0, 0.1) is 12.3 Å². The van der Waals surface area contributed by atoms with Crippen LogP contribution >= 0.6 is 0 Å². The highest BCUT2D eigenvalue weighted by molar-refractivity contribution is 5.08. The van der Waals surface area contributed by atoms with Crippen LogP contribution in [0.5, 0.6) is 0 Å². The Labute approximate surface area is 83.5 Å². The van der Waals surface area contributed by atoms with Crippen molar-refractivity contribution in [1.82, 2.24) is 0 Å². The first-order chi connectivity index (χ1) is 6.57. The van der Waals surface area contributed by atoms with E-state index in [0.29, 0.717) is 0 Å². The third-order valence-electron chi connectivity index (χ3n) is 2.41. The summed E-state index contributed by atoms with van der Waals surface area (Å²) in [4.78, 5) is 0. The van der Waals surface area contributed by atoms with E-state index >= 15 is 0 Å². The molecular weight excluding hydrogens is 184 g/mol. The molecule has 78 valence electrons. The van der Waals surface area contributed by atoms with Gasteiger partial charge >= 0.3 is 0 Å². The van der Waals surface area contributed by atoms with Gasteiger partial charge < -0.3 is 18.9 Å². The Bertz CT molecular complexity index is 268. The van der Waals surface area contributed by atoms with E-state index in [1.165, 1.54) is 0 Å². The van der Waals surface area contributed by atoms with E-state index in [4.69, 9.17) is 25.4 Å². The average Bonchev–Trinajstić information content (AvgIpc) is 2.57. The molecule has 2 aliphatic rings. The number of hydrogen-bond donors (Lipinski definition) is 0. The highest BCUT2D eigenvalue weighted by atomic mass is 16.8. The lowest BCUT2D eigenvalue weighted by molar-refractivity contribution is -0.220. The quantitative estimate of drug-likeness (QED) is 0.575. The van der Waals surface area contributed by atoms with Crippen molar-refractivity contribution in [3.8, 4) is 12.3 Å². The number of fused-ring (bicyclic) bond motifs is 1. The van der Waals surface area contributed by atoms with Gasteiger partial charge in [0.1, 0.15) is 18.3 Å². The molecular formula is C10H14O4. The molecule has 0 amide bonds. The number of rotatable bonds is 1. The second-order valence-electron chi connectivity index (χ2n) is 3.89. The van der Waals surface area contributed by atoms with Gasteiger partial charge in [0.25, 0.3) is 0 Å². The molecule has 2 saturated heterocycles. The minimum absolute atomic E-state index is 0.222. The van der Waals surface area contributed by atoms with Crippen molar-refractivity contribution in [2.45, 2.75) is 44.2 Å². The van der Waals surface area contributed by atoms with Gasteiger partial charge in [-0.1, -0.05) is 5.92 Å². The molecule has 0 radical (unpaired) electrons. The molecule has 0 spiro atoms. The zero-order valence-electron chi connectivity index (χ0n) is 8.52. The molecule has 2 aliphatic heterocycles. The Morgan fingerprint density at radius 1 is 1.29 bits per heavy atom. The van der Waals surface area contributed by atoms with Crippen LogP contribution < -0.4 is 0 Å². The maximum atomic E-state index is 5.64. The molecule has 0 N–H and O–H groups in total. The van der Waals surface area contributed by atoms with E-state index in [0.717, 1.165) is 0 Å². The summed E-state index contributed by atoms with van der Waals surface area (Å²) in [7, 11) is 1.56. The van der Waals surface area contributed by atoms with Crippen molar-refractivity contribution in [2.75, 3.05) is 7.11 Å². The Hall–Kier alpha value is -0.600. The summed E-state index contributed by atoms with van der Waals surface area (Å²) in [6.07, 6.45) is 4.07. The van der Waals surface area contributed by atoms with E-state index in [-0.39, 0.29) is 18.3 Å². The molecule has 0 bridgehead atoms. The third-order valence-corrected chi connectivity index (χ3v) is 2.41. The Balaban J connectivity index is 2.17. The van der Waals surface area contributed by atoms with Crippen LogP contribution in [-0.4, -0.2) is 37.5 Å². The average molecular weight is 198 g/mol. The van der Waals surface area contributed by atoms with Crippen LogP contribution in [0.1, 0.15) is 13.8 Å². The minimum Gasteiger partial charge on any atom is -0.353 e. The van der Waals surface area contributed by atoms with Gasteiger partial charge in [0, 0.05) is 7.11 Å². The molecule has 4 nitrogen and oxygen atoms in total. The molecule has 14 heavy (non-hydrogen) atoms. The van der Waals surface area contributed by atoms with E-state index < -0.39 is 12.1 Å². The van der Waals surface area contributed by atoms with Crippen molar-refractivity contribution >= 4 is 0 Å². The van der Waals surface area contributed by atoms with Crippen LogP contribution in [0.15, 0.2) is 0 Å². The monoisotopic (exact) mass is 198 g/mol. The smallest absolute Gasteiger partial charge is 0.187 e. The van der Waals surface area contributed by atoms with Crippen LogP contribution in [-0.2, 0) is 18.9 Å². The molecule has 2 fully saturated rings. The van der Waals surface area contributed by atoms with Gasteiger partial charge in [-0.3, -0.25) is 0 Å². The number of ether oxygens (including phenoxy) is 4. The molecule has 0 aromatic rings. The van der Waals surface area contributed by atoms with Gasteiger partial charge in [-0.2, -0.15) is 0 Å². The van der Waals surface area contributed by atoms with Crippen LogP contribution in [0.4, 0.5) is 0 Å². The summed E-state index contributed by atoms with van der Waals surface area (Å²) in [6, 6.07) is 0. The van der Waals surface area contributed by atoms with Gasteiger partial charge in [-0.25, -0.2) is 0 Å². The first-order valence-electron chi connectivity index (χ1n) is 4.57. The van der Waals surface area contributed by atoms with Crippen molar-refractivity contribution in [1.29, 1.82) is 0 Å². The molecule has 2 rings (SSSR count). The molecule has 0 aromatic heterocycles. The molecule has 2 heterocycles. The molecule has 0 saturated carbocycles. The first-order valence-corrected chi connectivity index (χ1v) is 4.57. The summed E-state index contributed by atoms with van der Waals surface area (Å²) in [5.41, 5.74) is 0. The van der Waals surface area contributed by atoms with Crippen molar-refractivity contribution < 1.29 is 18.9 Å². The lowest BCUT2D eigenvalue weighted by Crippen LogP contribution is -2.30. The maximum Gasteiger partial charge on any atom is 0.187 e. The summed E-state index contributed by atoms with van der Waals surface area (Å²) in [5, 5.41) is 0. The van der Waals surface area contributed by atoms with Crippen LogP contribution in [0.3, 0.4) is 0 Å². The lowest BCUT2D eigenvalue weighted by Gasteiger charge is -2.21. The highest BCUT2D eigenvalue weighted by Crippen LogP contribution is 2.38. The molecule has 0 unspecified atom stereocenters. The molecule has 0 aliphatic carbocycles. The van der Waals surface area contributed by atoms with Gasteiger partial charge in [0.15, 0.2) is 12.1 Å². The largest absolute Gasteiger partial charge is 0.353 e.